The number of hydrogen-bond donors (Lipinski definition) is 0. The molecule has 1 saturated heterocycles. The summed E-state index contributed by atoms with van der Waals surface area (Å²) in [6.07, 6.45) is 3.82. The third-order valence-electron chi connectivity index (χ3n) is 4.96. The van der Waals surface area contributed by atoms with Crippen LogP contribution in [0.5, 0.6) is 17.2 Å². The molecule has 7 heteroatoms. The molecule has 3 aliphatic rings. The van der Waals surface area contributed by atoms with E-state index in [-0.39, 0.29) is 18.8 Å². The van der Waals surface area contributed by atoms with Crippen LogP contribution in [0.15, 0.2) is 59.0 Å². The zero-order valence-electron chi connectivity index (χ0n) is 15.6. The fraction of sp³-hybridized carbons (Fsp3) is 0.182. The van der Waals surface area contributed by atoms with Crippen LogP contribution >= 0.6 is 24.0 Å². The number of hydrogen-bond acceptors (Lipinski definition) is 6. The predicted molar refractivity (Wildman–Crippen MR) is 116 cm³/mol. The first-order valence-electron chi connectivity index (χ1n) is 9.20. The van der Waals surface area contributed by atoms with Crippen LogP contribution in [0, 0.1) is 0 Å². The number of thioether (sulfide) groups is 1. The molecule has 29 heavy (non-hydrogen) atoms. The Labute approximate surface area is 177 Å². The molecule has 0 spiro atoms. The molecule has 1 atom stereocenters. The van der Waals surface area contributed by atoms with Gasteiger partial charge >= 0.3 is 0 Å². The summed E-state index contributed by atoms with van der Waals surface area (Å²) in [5, 5.41) is 0. The van der Waals surface area contributed by atoms with E-state index in [0.717, 1.165) is 28.2 Å². The Balaban J connectivity index is 1.38. The van der Waals surface area contributed by atoms with E-state index in [0.29, 0.717) is 21.5 Å². The Morgan fingerprint density at radius 3 is 2.90 bits per heavy atom. The van der Waals surface area contributed by atoms with Gasteiger partial charge < -0.3 is 14.2 Å². The van der Waals surface area contributed by atoms with Gasteiger partial charge in [0.05, 0.1) is 11.4 Å². The molecule has 0 N–H and O–H groups in total. The first-order valence-corrected chi connectivity index (χ1v) is 10.4. The van der Waals surface area contributed by atoms with Crippen molar-refractivity contribution in [2.24, 2.45) is 0 Å². The molecule has 0 aromatic heterocycles. The van der Waals surface area contributed by atoms with Crippen LogP contribution in [0.4, 0.5) is 0 Å². The van der Waals surface area contributed by atoms with E-state index in [9.17, 15) is 4.79 Å². The average Bonchev–Trinajstić information content (AvgIpc) is 3.28. The zero-order chi connectivity index (χ0) is 20.0. The fourth-order valence-electron chi connectivity index (χ4n) is 3.43. The minimum Gasteiger partial charge on any atom is -0.485 e. The second-order valence-corrected chi connectivity index (χ2v) is 8.57. The van der Waals surface area contributed by atoms with E-state index in [1.54, 1.807) is 4.90 Å². The number of carbonyl (C=O) groups excluding carboxylic acids is 1. The second kappa shape index (κ2) is 7.24. The van der Waals surface area contributed by atoms with Crippen LogP contribution < -0.4 is 14.2 Å². The van der Waals surface area contributed by atoms with Crippen LogP contribution in [-0.4, -0.2) is 28.0 Å². The number of rotatable bonds is 3. The SMILES string of the molecule is C[C@@H]1Oc2ccccc2C=C1/C=C1\SC(=S)N(Cc2ccc3c(c2)OCO3)C1=O. The normalized spacial score (nSPS) is 21.3. The lowest BCUT2D eigenvalue weighted by Crippen LogP contribution is -2.27. The molecule has 0 radical (unpaired) electrons. The highest BCUT2D eigenvalue weighted by Gasteiger charge is 2.33. The topological polar surface area (TPSA) is 48.0 Å². The third kappa shape index (κ3) is 3.41. The van der Waals surface area contributed by atoms with Crippen molar-refractivity contribution >= 4 is 40.3 Å². The number of carbonyl (C=O) groups is 1. The van der Waals surface area contributed by atoms with Gasteiger partial charge in [0.2, 0.25) is 6.79 Å². The van der Waals surface area contributed by atoms with Crippen LogP contribution in [0.25, 0.3) is 6.08 Å². The van der Waals surface area contributed by atoms with Crippen molar-refractivity contribution in [1.82, 2.24) is 4.90 Å². The van der Waals surface area contributed by atoms with Crippen molar-refractivity contribution < 1.29 is 19.0 Å². The van der Waals surface area contributed by atoms with Gasteiger partial charge in [0.25, 0.3) is 5.91 Å². The van der Waals surface area contributed by atoms with Gasteiger partial charge in [-0.2, -0.15) is 0 Å². The van der Waals surface area contributed by atoms with Gasteiger partial charge in [0.1, 0.15) is 16.2 Å². The minimum atomic E-state index is -0.137. The van der Waals surface area contributed by atoms with Crippen LogP contribution in [-0.2, 0) is 11.3 Å². The lowest BCUT2D eigenvalue weighted by atomic mass is 10.0. The van der Waals surface area contributed by atoms with Crippen molar-refractivity contribution in [2.45, 2.75) is 19.6 Å². The maximum Gasteiger partial charge on any atom is 0.266 e. The van der Waals surface area contributed by atoms with E-state index in [1.165, 1.54) is 11.8 Å². The maximum absolute atomic E-state index is 13.0. The van der Waals surface area contributed by atoms with Crippen molar-refractivity contribution in [3.8, 4) is 17.2 Å². The molecule has 1 amide bonds. The maximum atomic E-state index is 13.0. The quantitative estimate of drug-likeness (QED) is 0.534. The van der Waals surface area contributed by atoms with Crippen molar-refractivity contribution in [3.05, 3.63) is 70.1 Å². The number of benzene rings is 2. The molecule has 2 aromatic rings. The molecule has 0 saturated carbocycles. The highest BCUT2D eigenvalue weighted by molar-refractivity contribution is 8.26. The zero-order valence-corrected chi connectivity index (χ0v) is 17.2. The summed E-state index contributed by atoms with van der Waals surface area (Å²) < 4.78 is 17.3. The summed E-state index contributed by atoms with van der Waals surface area (Å²) in [5.74, 6) is 2.18. The summed E-state index contributed by atoms with van der Waals surface area (Å²) in [4.78, 5) is 15.2. The summed E-state index contributed by atoms with van der Waals surface area (Å²) in [6, 6.07) is 13.5. The molecule has 3 heterocycles. The van der Waals surface area contributed by atoms with Gasteiger partial charge in [-0.1, -0.05) is 48.2 Å². The smallest absolute Gasteiger partial charge is 0.266 e. The summed E-state index contributed by atoms with van der Waals surface area (Å²) in [6.45, 7) is 2.60. The Hall–Kier alpha value is -2.77. The van der Waals surface area contributed by atoms with Gasteiger partial charge in [-0.05, 0) is 48.4 Å². The Bertz CT molecular complexity index is 1090. The minimum absolute atomic E-state index is 0.0929. The molecule has 5 rings (SSSR count). The van der Waals surface area contributed by atoms with E-state index in [2.05, 4.69) is 6.08 Å². The van der Waals surface area contributed by atoms with E-state index >= 15 is 0 Å². The molecular weight excluding hydrogens is 406 g/mol. The summed E-state index contributed by atoms with van der Waals surface area (Å²) in [5.41, 5.74) is 2.90. The fourth-order valence-corrected chi connectivity index (χ4v) is 4.69. The average molecular weight is 424 g/mol. The van der Waals surface area contributed by atoms with Gasteiger partial charge in [0, 0.05) is 5.56 Å². The van der Waals surface area contributed by atoms with Crippen molar-refractivity contribution in [2.75, 3.05) is 6.79 Å². The van der Waals surface area contributed by atoms with E-state index in [1.807, 2.05) is 55.5 Å². The first-order chi connectivity index (χ1) is 14.1. The Morgan fingerprint density at radius 1 is 1.17 bits per heavy atom. The number of amides is 1. The van der Waals surface area contributed by atoms with E-state index in [4.69, 9.17) is 26.4 Å². The monoisotopic (exact) mass is 423 g/mol. The number of fused-ring (bicyclic) bond motifs is 2. The molecule has 3 aliphatic heterocycles. The molecule has 0 bridgehead atoms. The standard InChI is InChI=1S/C22H17NO4S2/c1-13-16(9-15-4-2-3-5-17(15)27-13)10-20-21(24)23(22(28)29-20)11-14-6-7-18-19(8-14)26-12-25-18/h2-10,13H,11-12H2,1H3/b20-10-/t13-/m0/s1. The van der Waals surface area contributed by atoms with Gasteiger partial charge in [0.15, 0.2) is 11.5 Å². The summed E-state index contributed by atoms with van der Waals surface area (Å²) in [7, 11) is 0. The van der Waals surface area contributed by atoms with Crippen LogP contribution in [0.3, 0.4) is 0 Å². The molecule has 0 aliphatic carbocycles. The predicted octanol–water partition coefficient (Wildman–Crippen LogP) is 4.52. The van der Waals surface area contributed by atoms with Crippen molar-refractivity contribution in [1.29, 1.82) is 0 Å². The molecular formula is C22H17NO4S2. The van der Waals surface area contributed by atoms with Gasteiger partial charge in [-0.25, -0.2) is 0 Å². The largest absolute Gasteiger partial charge is 0.485 e. The van der Waals surface area contributed by atoms with Gasteiger partial charge in [-0.15, -0.1) is 0 Å². The molecule has 146 valence electrons. The van der Waals surface area contributed by atoms with Crippen LogP contribution in [0.2, 0.25) is 0 Å². The number of ether oxygens (including phenoxy) is 3. The van der Waals surface area contributed by atoms with Gasteiger partial charge in [-0.3, -0.25) is 9.69 Å². The number of nitrogens with zero attached hydrogens (tertiary/aromatic N) is 1. The number of para-hydroxylation sites is 1. The van der Waals surface area contributed by atoms with Crippen molar-refractivity contribution in [3.63, 3.8) is 0 Å². The Morgan fingerprint density at radius 2 is 2.00 bits per heavy atom. The lowest BCUT2D eigenvalue weighted by molar-refractivity contribution is -0.122. The lowest BCUT2D eigenvalue weighted by Gasteiger charge is -2.23. The van der Waals surface area contributed by atoms with E-state index < -0.39 is 0 Å². The highest BCUT2D eigenvalue weighted by atomic mass is 32.2. The molecule has 5 nitrogen and oxygen atoms in total. The molecule has 1 fully saturated rings. The number of thiocarbonyl (C=S) groups is 1. The highest BCUT2D eigenvalue weighted by Crippen LogP contribution is 2.37. The Kier molecular flexibility index (Phi) is 4.56. The molecule has 2 aromatic carbocycles. The van der Waals surface area contributed by atoms with Crippen LogP contribution in [0.1, 0.15) is 18.1 Å². The third-order valence-corrected chi connectivity index (χ3v) is 6.34. The first kappa shape index (κ1) is 18.3. The molecule has 0 unspecified atom stereocenters. The second-order valence-electron chi connectivity index (χ2n) is 6.90. The summed E-state index contributed by atoms with van der Waals surface area (Å²) >= 11 is 6.79.